The highest BCUT2D eigenvalue weighted by Gasteiger charge is 2.15. The summed E-state index contributed by atoms with van der Waals surface area (Å²) in [5.74, 6) is -0.670. The lowest BCUT2D eigenvalue weighted by Crippen LogP contribution is -2.28. The highest BCUT2D eigenvalue weighted by atomic mass is 16.6. The van der Waals surface area contributed by atoms with Gasteiger partial charge in [0.2, 0.25) is 0 Å². The van der Waals surface area contributed by atoms with Crippen molar-refractivity contribution in [2.24, 2.45) is 0 Å². The zero-order valence-electron chi connectivity index (χ0n) is 15.0. The van der Waals surface area contributed by atoms with E-state index in [0.29, 0.717) is 0 Å². The molecule has 2 N–H and O–H groups in total. The number of nitrogens with zero attached hydrogens (tertiary/aromatic N) is 1. The van der Waals surface area contributed by atoms with Crippen molar-refractivity contribution < 1.29 is 19.1 Å². The number of esters is 1. The number of hydrogen-bond donors (Lipinski definition) is 2. The van der Waals surface area contributed by atoms with Crippen molar-refractivity contribution in [3.63, 3.8) is 0 Å². The number of fused-ring (bicyclic) bond motifs is 1. The fraction of sp³-hybridized carbons (Fsp3) is 0.150. The molecule has 1 heterocycles. The highest BCUT2D eigenvalue weighted by molar-refractivity contribution is 5.97. The van der Waals surface area contributed by atoms with Crippen LogP contribution >= 0.6 is 0 Å². The standard InChI is InChI=1S/C20H19N3O4/c1-13-8-15(9-16-11-21-23-18(13)16)10-17(19(24)26-2)22-20(25)27-12-14-6-4-3-5-7-14/h3-11H,12H2,1-2H3,(H,21,23)(H,22,25)/b17-10-. The van der Waals surface area contributed by atoms with E-state index in [2.05, 4.69) is 15.5 Å². The van der Waals surface area contributed by atoms with Crippen LogP contribution in [0.15, 0.2) is 54.4 Å². The third kappa shape index (κ3) is 4.52. The maximum atomic E-state index is 12.1. The Morgan fingerprint density at radius 1 is 1.22 bits per heavy atom. The maximum absolute atomic E-state index is 12.1. The van der Waals surface area contributed by atoms with Crippen molar-refractivity contribution in [1.82, 2.24) is 15.5 Å². The number of aryl methyl sites for hydroxylation is 1. The van der Waals surface area contributed by atoms with Gasteiger partial charge in [-0.2, -0.15) is 5.10 Å². The Hall–Kier alpha value is -3.61. The van der Waals surface area contributed by atoms with E-state index in [0.717, 1.165) is 27.6 Å². The second kappa shape index (κ2) is 8.18. The van der Waals surface area contributed by atoms with Gasteiger partial charge in [-0.1, -0.05) is 30.3 Å². The van der Waals surface area contributed by atoms with Crippen LogP contribution in [0.3, 0.4) is 0 Å². The highest BCUT2D eigenvalue weighted by Crippen LogP contribution is 2.20. The molecule has 0 fully saturated rings. The number of methoxy groups -OCH3 is 1. The average Bonchev–Trinajstić information content (AvgIpc) is 3.15. The van der Waals surface area contributed by atoms with Crippen LogP contribution in [-0.2, 0) is 20.9 Å². The summed E-state index contributed by atoms with van der Waals surface area (Å²) in [4.78, 5) is 24.1. The third-order valence-corrected chi connectivity index (χ3v) is 3.93. The van der Waals surface area contributed by atoms with Crippen LogP contribution in [0.2, 0.25) is 0 Å². The molecule has 0 unspecified atom stereocenters. The van der Waals surface area contributed by atoms with Crippen LogP contribution < -0.4 is 5.32 Å². The number of aromatic amines is 1. The minimum Gasteiger partial charge on any atom is -0.464 e. The number of rotatable bonds is 5. The molecule has 0 aliphatic carbocycles. The number of carbonyl (C=O) groups excluding carboxylic acids is 2. The van der Waals surface area contributed by atoms with E-state index in [1.807, 2.05) is 49.4 Å². The molecule has 0 aliphatic rings. The lowest BCUT2D eigenvalue weighted by Gasteiger charge is -2.10. The summed E-state index contributed by atoms with van der Waals surface area (Å²) in [5.41, 5.74) is 3.44. The molecule has 0 atom stereocenters. The minimum absolute atomic E-state index is 0.0159. The summed E-state index contributed by atoms with van der Waals surface area (Å²) in [6.45, 7) is 2.03. The van der Waals surface area contributed by atoms with Crippen LogP contribution in [0.5, 0.6) is 0 Å². The monoisotopic (exact) mass is 365 g/mol. The van der Waals surface area contributed by atoms with Crippen molar-refractivity contribution in [2.45, 2.75) is 13.5 Å². The van der Waals surface area contributed by atoms with Gasteiger partial charge >= 0.3 is 12.1 Å². The first-order chi connectivity index (χ1) is 13.1. The van der Waals surface area contributed by atoms with Crippen molar-refractivity contribution in [2.75, 3.05) is 7.11 Å². The van der Waals surface area contributed by atoms with Crippen molar-refractivity contribution >= 4 is 29.0 Å². The van der Waals surface area contributed by atoms with Gasteiger partial charge in [-0.3, -0.25) is 10.4 Å². The zero-order chi connectivity index (χ0) is 19.2. The predicted octanol–water partition coefficient (Wildman–Crippen LogP) is 3.31. The molecule has 0 aliphatic heterocycles. The quantitative estimate of drug-likeness (QED) is 0.534. The molecular weight excluding hydrogens is 346 g/mol. The number of alkyl carbamates (subject to hydrolysis) is 1. The molecule has 3 rings (SSSR count). The molecule has 138 valence electrons. The van der Waals surface area contributed by atoms with E-state index in [4.69, 9.17) is 9.47 Å². The van der Waals surface area contributed by atoms with Crippen molar-refractivity contribution in [3.05, 3.63) is 71.0 Å². The number of ether oxygens (including phenoxy) is 2. The third-order valence-electron chi connectivity index (χ3n) is 3.93. The van der Waals surface area contributed by atoms with Gasteiger partial charge in [-0.25, -0.2) is 9.59 Å². The number of H-pyrrole nitrogens is 1. The second-order valence-corrected chi connectivity index (χ2v) is 5.91. The van der Waals surface area contributed by atoms with Crippen molar-refractivity contribution in [1.29, 1.82) is 0 Å². The molecule has 7 nitrogen and oxygen atoms in total. The smallest absolute Gasteiger partial charge is 0.412 e. The molecular formula is C20H19N3O4. The van der Waals surface area contributed by atoms with Crippen molar-refractivity contribution in [3.8, 4) is 0 Å². The number of benzene rings is 2. The van der Waals surface area contributed by atoms with E-state index in [9.17, 15) is 9.59 Å². The zero-order valence-corrected chi connectivity index (χ0v) is 15.0. The molecule has 27 heavy (non-hydrogen) atoms. The Labute approximate surface area is 156 Å². The van der Waals surface area contributed by atoms with Crippen LogP contribution in [0.4, 0.5) is 4.79 Å². The first-order valence-corrected chi connectivity index (χ1v) is 8.28. The number of carbonyl (C=O) groups is 2. The van der Waals surface area contributed by atoms with E-state index in [1.54, 1.807) is 6.20 Å². The van der Waals surface area contributed by atoms with Gasteiger partial charge in [0.15, 0.2) is 0 Å². The second-order valence-electron chi connectivity index (χ2n) is 5.91. The maximum Gasteiger partial charge on any atom is 0.412 e. The summed E-state index contributed by atoms with van der Waals surface area (Å²) in [6.07, 6.45) is 2.49. The van der Waals surface area contributed by atoms with Crippen LogP contribution in [-0.4, -0.2) is 29.4 Å². The minimum atomic E-state index is -0.739. The molecule has 0 saturated carbocycles. The molecule has 1 amide bonds. The lowest BCUT2D eigenvalue weighted by molar-refractivity contribution is -0.136. The van der Waals surface area contributed by atoms with Gasteiger partial charge in [0.1, 0.15) is 12.3 Å². The fourth-order valence-corrected chi connectivity index (χ4v) is 2.64. The van der Waals surface area contributed by atoms with Gasteiger partial charge in [-0.05, 0) is 41.8 Å². The average molecular weight is 365 g/mol. The summed E-state index contributed by atoms with van der Waals surface area (Å²) in [7, 11) is 1.25. The molecule has 0 spiro atoms. The van der Waals surface area contributed by atoms with Gasteiger partial charge < -0.3 is 9.47 Å². The van der Waals surface area contributed by atoms with Gasteiger partial charge in [0, 0.05) is 5.39 Å². The van der Waals surface area contributed by atoms with E-state index >= 15 is 0 Å². The molecule has 1 aromatic heterocycles. The summed E-state index contributed by atoms with van der Waals surface area (Å²) < 4.78 is 9.91. The molecule has 0 bridgehead atoms. The summed E-state index contributed by atoms with van der Waals surface area (Å²) in [5, 5.41) is 10.3. The van der Waals surface area contributed by atoms with Gasteiger partial charge in [0.05, 0.1) is 18.8 Å². The van der Waals surface area contributed by atoms with E-state index in [-0.39, 0.29) is 12.3 Å². The molecule has 2 aromatic carbocycles. The number of aromatic nitrogens is 2. The SMILES string of the molecule is COC(=O)/C(=C/c1cc(C)c2[nH]ncc2c1)NC(=O)OCc1ccccc1. The fourth-order valence-electron chi connectivity index (χ4n) is 2.64. The Morgan fingerprint density at radius 2 is 2.00 bits per heavy atom. The normalized spacial score (nSPS) is 11.3. The predicted molar refractivity (Wildman–Crippen MR) is 101 cm³/mol. The molecule has 0 radical (unpaired) electrons. The number of hydrogen-bond acceptors (Lipinski definition) is 5. The Morgan fingerprint density at radius 3 is 2.74 bits per heavy atom. The van der Waals surface area contributed by atoms with Crippen LogP contribution in [0, 0.1) is 6.92 Å². The van der Waals surface area contributed by atoms with Gasteiger partial charge in [0.25, 0.3) is 0 Å². The topological polar surface area (TPSA) is 93.3 Å². The Balaban J connectivity index is 1.77. The number of nitrogens with one attached hydrogen (secondary N) is 2. The lowest BCUT2D eigenvalue weighted by atomic mass is 10.1. The molecule has 0 saturated heterocycles. The molecule has 3 aromatic rings. The molecule has 7 heteroatoms. The Bertz CT molecular complexity index is 993. The van der Waals surface area contributed by atoms with Gasteiger partial charge in [-0.15, -0.1) is 0 Å². The summed E-state index contributed by atoms with van der Waals surface area (Å²) in [6, 6.07) is 13.0. The first kappa shape index (κ1) is 18.2. The largest absolute Gasteiger partial charge is 0.464 e. The summed E-state index contributed by atoms with van der Waals surface area (Å²) >= 11 is 0. The van der Waals surface area contributed by atoms with Crippen LogP contribution in [0.25, 0.3) is 17.0 Å². The van der Waals surface area contributed by atoms with E-state index < -0.39 is 12.1 Å². The Kier molecular flexibility index (Phi) is 5.51. The van der Waals surface area contributed by atoms with Crippen LogP contribution in [0.1, 0.15) is 16.7 Å². The van der Waals surface area contributed by atoms with E-state index in [1.165, 1.54) is 13.2 Å². The number of amides is 1. The first-order valence-electron chi connectivity index (χ1n) is 8.28.